The maximum atomic E-state index is 11.4. The quantitative estimate of drug-likeness (QED) is 0.318. The molecule has 0 saturated heterocycles. The number of unbranched alkanes of at least 4 members (excludes halogenated alkanes) is 3. The van der Waals surface area contributed by atoms with Crippen LogP contribution in [0.25, 0.3) is 0 Å². The Morgan fingerprint density at radius 1 is 1.00 bits per heavy atom. The van der Waals surface area contributed by atoms with E-state index >= 15 is 0 Å². The van der Waals surface area contributed by atoms with Gasteiger partial charge in [-0.25, -0.2) is 0 Å². The lowest BCUT2D eigenvalue weighted by Gasteiger charge is -2.28. The number of carbonyl (C=O) groups is 4. The van der Waals surface area contributed by atoms with Crippen molar-refractivity contribution in [3.05, 3.63) is 0 Å². The fourth-order valence-corrected chi connectivity index (χ4v) is 2.13. The van der Waals surface area contributed by atoms with Crippen LogP contribution in [0.3, 0.4) is 0 Å². The number of hydrogen-bond donors (Lipinski definition) is 4. The molecule has 0 fully saturated rings. The van der Waals surface area contributed by atoms with Crippen LogP contribution >= 0.6 is 0 Å². The Kier molecular flexibility index (Phi) is 6.67. The molecule has 2 amide bonds. The van der Waals surface area contributed by atoms with E-state index in [9.17, 15) is 19.2 Å². The molecule has 20 heavy (non-hydrogen) atoms. The summed E-state index contributed by atoms with van der Waals surface area (Å²) in [4.78, 5) is 45.4. The molecule has 0 aromatic rings. The van der Waals surface area contributed by atoms with Crippen LogP contribution in [0.4, 0.5) is 0 Å². The van der Waals surface area contributed by atoms with E-state index in [1.54, 1.807) is 0 Å². The number of nitrogens with two attached hydrogens (primary N) is 2. The Balaban J connectivity index is 5.45. The zero-order valence-corrected chi connectivity index (χ0v) is 11.3. The minimum Gasteiger partial charge on any atom is -0.481 e. The number of carboxylic acid groups (broad SMARTS) is 2. The summed E-state index contributed by atoms with van der Waals surface area (Å²) in [6, 6.07) is 0. The summed E-state index contributed by atoms with van der Waals surface area (Å²) in [7, 11) is 0. The van der Waals surface area contributed by atoms with Gasteiger partial charge < -0.3 is 21.7 Å². The fraction of sp³-hybridized carbons (Fsp3) is 0.667. The smallest absolute Gasteiger partial charge is 0.329 e. The maximum Gasteiger partial charge on any atom is 0.329 e. The molecule has 0 aliphatic heterocycles. The first-order chi connectivity index (χ1) is 9.22. The van der Waals surface area contributed by atoms with Gasteiger partial charge in [0.05, 0.1) is 5.92 Å². The average Bonchev–Trinajstić information content (AvgIpc) is 2.31. The lowest BCUT2D eigenvalue weighted by atomic mass is 9.71. The third kappa shape index (κ3) is 3.46. The van der Waals surface area contributed by atoms with E-state index in [1.165, 1.54) is 0 Å². The van der Waals surface area contributed by atoms with E-state index < -0.39 is 35.1 Å². The predicted molar refractivity (Wildman–Crippen MR) is 68.3 cm³/mol. The Hall–Kier alpha value is -2.12. The minimum absolute atomic E-state index is 0.159. The molecule has 8 heteroatoms. The highest BCUT2D eigenvalue weighted by molar-refractivity contribution is 6.22. The van der Waals surface area contributed by atoms with Crippen LogP contribution in [0.5, 0.6) is 0 Å². The van der Waals surface area contributed by atoms with Gasteiger partial charge in [0.2, 0.25) is 17.2 Å². The molecule has 8 nitrogen and oxygen atoms in total. The number of rotatable bonds is 10. The van der Waals surface area contributed by atoms with Crippen molar-refractivity contribution in [1.82, 2.24) is 0 Å². The Labute approximate surface area is 116 Å². The van der Waals surface area contributed by atoms with Gasteiger partial charge in [0.1, 0.15) is 0 Å². The highest BCUT2D eigenvalue weighted by atomic mass is 16.4. The minimum atomic E-state index is -2.92. The first-order valence-electron chi connectivity index (χ1n) is 6.28. The average molecular weight is 288 g/mol. The zero-order valence-electron chi connectivity index (χ0n) is 11.3. The third-order valence-corrected chi connectivity index (χ3v) is 3.28. The summed E-state index contributed by atoms with van der Waals surface area (Å²) in [6.07, 6.45) is 2.59. The van der Waals surface area contributed by atoms with Crippen molar-refractivity contribution in [1.29, 1.82) is 0 Å². The van der Waals surface area contributed by atoms with Gasteiger partial charge in [-0.3, -0.25) is 19.2 Å². The SMILES string of the molecule is CCCCCCC(C(=O)O)C(C(N)=O)(C(N)=O)C(=O)O. The lowest BCUT2D eigenvalue weighted by molar-refractivity contribution is -0.171. The first kappa shape index (κ1) is 17.9. The molecule has 6 N–H and O–H groups in total. The highest BCUT2D eigenvalue weighted by Gasteiger charge is 2.59. The Morgan fingerprint density at radius 2 is 1.50 bits per heavy atom. The molecule has 1 unspecified atom stereocenters. The van der Waals surface area contributed by atoms with E-state index in [2.05, 4.69) is 0 Å². The molecule has 0 heterocycles. The zero-order chi connectivity index (χ0) is 15.9. The molecule has 0 rings (SSSR count). The molecule has 0 aliphatic rings. The second-order valence-corrected chi connectivity index (χ2v) is 4.58. The van der Waals surface area contributed by atoms with Gasteiger partial charge in [-0.1, -0.05) is 32.6 Å². The third-order valence-electron chi connectivity index (χ3n) is 3.28. The van der Waals surface area contributed by atoms with Crippen molar-refractivity contribution in [3.63, 3.8) is 0 Å². The molecule has 0 bridgehead atoms. The molecular weight excluding hydrogens is 268 g/mol. The molecule has 0 aromatic carbocycles. The van der Waals surface area contributed by atoms with Gasteiger partial charge in [0.15, 0.2) is 0 Å². The molecule has 0 aliphatic carbocycles. The normalized spacial score (nSPS) is 12.7. The second kappa shape index (κ2) is 7.46. The number of carbonyl (C=O) groups excluding carboxylic acids is 2. The Morgan fingerprint density at radius 3 is 1.80 bits per heavy atom. The molecule has 0 spiro atoms. The van der Waals surface area contributed by atoms with Gasteiger partial charge in [0.25, 0.3) is 0 Å². The molecule has 0 saturated carbocycles. The van der Waals surface area contributed by atoms with Gasteiger partial charge >= 0.3 is 11.9 Å². The Bertz CT molecular complexity index is 371. The van der Waals surface area contributed by atoms with Crippen molar-refractivity contribution in [3.8, 4) is 0 Å². The van der Waals surface area contributed by atoms with Gasteiger partial charge in [-0.2, -0.15) is 0 Å². The van der Waals surface area contributed by atoms with Crippen molar-refractivity contribution in [2.75, 3.05) is 0 Å². The molecule has 1 atom stereocenters. The van der Waals surface area contributed by atoms with Crippen molar-refractivity contribution in [2.45, 2.75) is 39.0 Å². The number of amides is 2. The largest absolute Gasteiger partial charge is 0.481 e. The standard InChI is InChI=1S/C12H20N2O6/c1-2-3-4-5-6-7(8(15)16)12(9(13)17,10(14)18)11(19)20/h7H,2-6H2,1H3,(H2,13,17)(H2,14,18)(H,15,16)(H,19,20). The van der Waals surface area contributed by atoms with Gasteiger partial charge in [0, 0.05) is 0 Å². The lowest BCUT2D eigenvalue weighted by Crippen LogP contribution is -2.59. The fourth-order valence-electron chi connectivity index (χ4n) is 2.13. The van der Waals surface area contributed by atoms with Crippen LogP contribution in [-0.2, 0) is 19.2 Å². The maximum absolute atomic E-state index is 11.4. The number of carboxylic acids is 2. The van der Waals surface area contributed by atoms with E-state index in [1.807, 2.05) is 6.92 Å². The van der Waals surface area contributed by atoms with Crippen molar-refractivity contribution < 1.29 is 29.4 Å². The van der Waals surface area contributed by atoms with Crippen molar-refractivity contribution in [2.24, 2.45) is 22.8 Å². The van der Waals surface area contributed by atoms with E-state index in [0.29, 0.717) is 12.8 Å². The predicted octanol–water partition coefficient (Wildman–Crippen LogP) is -0.301. The van der Waals surface area contributed by atoms with Crippen LogP contribution < -0.4 is 11.5 Å². The van der Waals surface area contributed by atoms with Crippen LogP contribution in [0.15, 0.2) is 0 Å². The van der Waals surface area contributed by atoms with Crippen LogP contribution in [-0.4, -0.2) is 34.0 Å². The summed E-state index contributed by atoms with van der Waals surface area (Å²) in [5.41, 5.74) is 7.00. The highest BCUT2D eigenvalue weighted by Crippen LogP contribution is 2.33. The summed E-state index contributed by atoms with van der Waals surface area (Å²) >= 11 is 0. The molecule has 0 aromatic heterocycles. The first-order valence-corrected chi connectivity index (χ1v) is 6.28. The number of primary amides is 2. The van der Waals surface area contributed by atoms with E-state index in [-0.39, 0.29) is 6.42 Å². The van der Waals surface area contributed by atoms with Crippen molar-refractivity contribution >= 4 is 23.8 Å². The van der Waals surface area contributed by atoms with Crippen LogP contribution in [0, 0.1) is 11.3 Å². The number of hydrogen-bond acceptors (Lipinski definition) is 4. The van der Waals surface area contributed by atoms with Crippen LogP contribution in [0.1, 0.15) is 39.0 Å². The molecule has 0 radical (unpaired) electrons. The van der Waals surface area contributed by atoms with Gasteiger partial charge in [-0.05, 0) is 6.42 Å². The number of aliphatic carboxylic acids is 2. The summed E-state index contributed by atoms with van der Waals surface area (Å²) in [6.45, 7) is 1.95. The topological polar surface area (TPSA) is 161 Å². The summed E-state index contributed by atoms with van der Waals surface area (Å²) in [5.74, 6) is -8.39. The van der Waals surface area contributed by atoms with Crippen LogP contribution in [0.2, 0.25) is 0 Å². The van der Waals surface area contributed by atoms with E-state index in [0.717, 1.165) is 12.8 Å². The van der Waals surface area contributed by atoms with Gasteiger partial charge in [-0.15, -0.1) is 0 Å². The van der Waals surface area contributed by atoms with E-state index in [4.69, 9.17) is 21.7 Å². The summed E-state index contributed by atoms with van der Waals surface area (Å²) in [5, 5.41) is 18.3. The monoisotopic (exact) mass is 288 g/mol. The molecular formula is C12H20N2O6. The second-order valence-electron chi connectivity index (χ2n) is 4.58. The summed E-state index contributed by atoms with van der Waals surface area (Å²) < 4.78 is 0. The molecule has 114 valence electrons.